The third kappa shape index (κ3) is 2.93. The first-order valence-electron chi connectivity index (χ1n) is 8.41. The number of hydrogen-bond acceptors (Lipinski definition) is 0. The lowest BCUT2D eigenvalue weighted by atomic mass is 9.37. The van der Waals surface area contributed by atoms with E-state index in [4.69, 9.17) is 15.7 Å². The third-order valence-electron chi connectivity index (χ3n) is 6.37. The molecule has 0 saturated heterocycles. The monoisotopic (exact) mass is 256 g/mol. The van der Waals surface area contributed by atoms with Gasteiger partial charge in [0.25, 0.3) is 0 Å². The molecule has 0 aromatic carbocycles. The molecule has 2 rings (SSSR count). The van der Waals surface area contributed by atoms with Gasteiger partial charge in [-0.15, -0.1) is 0 Å². The maximum Gasteiger partial charge on any atom is 0.0631 e. The van der Waals surface area contributed by atoms with E-state index in [9.17, 15) is 0 Å². The Hall–Kier alpha value is 0.130. The van der Waals surface area contributed by atoms with Crippen molar-refractivity contribution in [2.75, 3.05) is 0 Å². The van der Waals surface area contributed by atoms with Crippen LogP contribution in [0.3, 0.4) is 0 Å². The molecule has 2 heteroatoms. The van der Waals surface area contributed by atoms with Gasteiger partial charge in [-0.3, -0.25) is 0 Å². The predicted octanol–water partition coefficient (Wildman–Crippen LogP) is 5.02. The zero-order valence-electron chi connectivity index (χ0n) is 13.3. The molecule has 0 nitrogen and oxygen atoms in total. The molecule has 1 atom stereocenters. The van der Waals surface area contributed by atoms with E-state index in [-0.39, 0.29) is 5.41 Å². The molecule has 0 heterocycles. The van der Waals surface area contributed by atoms with E-state index >= 15 is 0 Å². The second-order valence-corrected chi connectivity index (χ2v) is 8.07. The summed E-state index contributed by atoms with van der Waals surface area (Å²) in [5, 5.41) is -0.486. The predicted molar refractivity (Wildman–Crippen MR) is 85.7 cm³/mol. The minimum atomic E-state index is -0.486. The minimum absolute atomic E-state index is 0.0577. The Bertz CT molecular complexity index is 302. The zero-order valence-corrected chi connectivity index (χ0v) is 13.3. The van der Waals surface area contributed by atoms with Gasteiger partial charge in [0.15, 0.2) is 0 Å². The smallest absolute Gasteiger partial charge is 0.0631 e. The molecule has 2 aliphatic carbocycles. The topological polar surface area (TPSA) is 0 Å². The number of rotatable bonds is 6. The second-order valence-electron chi connectivity index (χ2n) is 8.07. The lowest BCUT2D eigenvalue weighted by Gasteiger charge is -2.49. The van der Waals surface area contributed by atoms with E-state index in [1.165, 1.54) is 57.8 Å². The molecular weight excluding hydrogens is 226 g/mol. The SMILES string of the molecule is [B]C([B])(C1CCC2(CCC2)C1)C(C)(C)CCCCC. The lowest BCUT2D eigenvalue weighted by molar-refractivity contribution is 0.123. The van der Waals surface area contributed by atoms with Gasteiger partial charge in [0.05, 0.1) is 15.7 Å². The van der Waals surface area contributed by atoms with Gasteiger partial charge in [-0.1, -0.05) is 64.0 Å². The van der Waals surface area contributed by atoms with Crippen LogP contribution in [0, 0.1) is 16.7 Å². The quantitative estimate of drug-likeness (QED) is 0.462. The highest BCUT2D eigenvalue weighted by molar-refractivity contribution is 6.40. The Kier molecular flexibility index (Phi) is 4.48. The van der Waals surface area contributed by atoms with Crippen molar-refractivity contribution in [2.24, 2.45) is 16.7 Å². The summed E-state index contributed by atoms with van der Waals surface area (Å²) < 4.78 is 0. The summed E-state index contributed by atoms with van der Waals surface area (Å²) in [4.78, 5) is 0. The van der Waals surface area contributed by atoms with Crippen molar-refractivity contribution in [2.45, 2.75) is 90.2 Å². The second kappa shape index (κ2) is 5.49. The van der Waals surface area contributed by atoms with E-state index in [0.717, 1.165) is 6.42 Å². The Morgan fingerprint density at radius 1 is 1.11 bits per heavy atom. The lowest BCUT2D eigenvalue weighted by Crippen LogP contribution is -2.39. The molecule has 19 heavy (non-hydrogen) atoms. The molecule has 0 aromatic heterocycles. The van der Waals surface area contributed by atoms with Gasteiger partial charge < -0.3 is 0 Å². The molecule has 1 spiro atoms. The van der Waals surface area contributed by atoms with Crippen molar-refractivity contribution in [3.8, 4) is 0 Å². The van der Waals surface area contributed by atoms with Gasteiger partial charge in [0, 0.05) is 0 Å². The molecule has 104 valence electrons. The van der Waals surface area contributed by atoms with Gasteiger partial charge in [0.2, 0.25) is 0 Å². The molecule has 0 aliphatic heterocycles. The highest BCUT2D eigenvalue weighted by Gasteiger charge is 2.50. The summed E-state index contributed by atoms with van der Waals surface area (Å²) in [6.45, 7) is 6.82. The van der Waals surface area contributed by atoms with Gasteiger partial charge in [-0.25, -0.2) is 0 Å². The van der Waals surface area contributed by atoms with E-state index in [1.54, 1.807) is 0 Å². The Balaban J connectivity index is 1.96. The van der Waals surface area contributed by atoms with E-state index in [1.807, 2.05) is 0 Å². The normalized spacial score (nSPS) is 26.6. The van der Waals surface area contributed by atoms with Crippen molar-refractivity contribution in [1.82, 2.24) is 0 Å². The van der Waals surface area contributed by atoms with E-state index in [0.29, 0.717) is 11.3 Å². The van der Waals surface area contributed by atoms with Crippen LogP contribution in [-0.4, -0.2) is 15.7 Å². The van der Waals surface area contributed by atoms with E-state index in [2.05, 4.69) is 20.8 Å². The molecule has 0 aromatic rings. The summed E-state index contributed by atoms with van der Waals surface area (Å²) in [5.74, 6) is 0.532. The standard InChI is InChI=1S/C17H30B2/c1-4-5-6-9-15(2,3)17(18,19)14-8-12-16(13-14)10-7-11-16/h14H,4-13H2,1-3H3. The first-order chi connectivity index (χ1) is 8.83. The van der Waals surface area contributed by atoms with Crippen LogP contribution in [0.4, 0.5) is 0 Å². The minimum Gasteiger partial charge on any atom is -0.0913 e. The van der Waals surface area contributed by atoms with Crippen LogP contribution in [0.2, 0.25) is 5.21 Å². The Morgan fingerprint density at radius 2 is 1.79 bits per heavy atom. The first-order valence-corrected chi connectivity index (χ1v) is 8.41. The van der Waals surface area contributed by atoms with Crippen LogP contribution in [0.5, 0.6) is 0 Å². The summed E-state index contributed by atoms with van der Waals surface area (Å²) >= 11 is 0. The molecule has 4 radical (unpaired) electrons. The fourth-order valence-electron chi connectivity index (χ4n) is 4.33. The van der Waals surface area contributed by atoms with Crippen LogP contribution >= 0.6 is 0 Å². The molecule has 0 N–H and O–H groups in total. The maximum absolute atomic E-state index is 6.66. The van der Waals surface area contributed by atoms with Crippen LogP contribution in [-0.2, 0) is 0 Å². The van der Waals surface area contributed by atoms with Gasteiger partial charge in [-0.2, -0.15) is 0 Å². The van der Waals surface area contributed by atoms with Crippen molar-refractivity contribution in [3.05, 3.63) is 0 Å². The molecule has 1 unspecified atom stereocenters. The Labute approximate surface area is 123 Å². The highest BCUT2D eigenvalue weighted by atomic mass is 14.5. The molecule has 2 fully saturated rings. The van der Waals surface area contributed by atoms with Crippen molar-refractivity contribution in [1.29, 1.82) is 0 Å². The summed E-state index contributed by atoms with van der Waals surface area (Å²) in [6, 6.07) is 0. The fourth-order valence-corrected chi connectivity index (χ4v) is 4.33. The molecule has 0 bridgehead atoms. The largest absolute Gasteiger partial charge is 0.0913 e. The molecular formula is C17H30B2. The maximum atomic E-state index is 6.66. The molecule has 2 aliphatic rings. The van der Waals surface area contributed by atoms with Crippen LogP contribution < -0.4 is 0 Å². The fraction of sp³-hybridized carbons (Fsp3) is 1.00. The average Bonchev–Trinajstić information content (AvgIpc) is 2.74. The first kappa shape index (κ1) is 15.5. The van der Waals surface area contributed by atoms with Gasteiger partial charge >= 0.3 is 0 Å². The molecule has 2 saturated carbocycles. The van der Waals surface area contributed by atoms with Gasteiger partial charge in [-0.05, 0) is 42.9 Å². The van der Waals surface area contributed by atoms with Crippen molar-refractivity contribution in [3.63, 3.8) is 0 Å². The van der Waals surface area contributed by atoms with E-state index < -0.39 is 5.21 Å². The molecule has 0 amide bonds. The summed E-state index contributed by atoms with van der Waals surface area (Å²) in [6.07, 6.45) is 13.2. The summed E-state index contributed by atoms with van der Waals surface area (Å²) in [7, 11) is 13.3. The number of unbranched alkanes of at least 4 members (excludes halogenated alkanes) is 2. The highest BCUT2D eigenvalue weighted by Crippen LogP contribution is 2.63. The van der Waals surface area contributed by atoms with Crippen LogP contribution in [0.15, 0.2) is 0 Å². The van der Waals surface area contributed by atoms with Crippen LogP contribution in [0.25, 0.3) is 0 Å². The van der Waals surface area contributed by atoms with Gasteiger partial charge in [0.1, 0.15) is 0 Å². The average molecular weight is 256 g/mol. The van der Waals surface area contributed by atoms with Crippen molar-refractivity contribution >= 4 is 15.7 Å². The number of hydrogen-bond donors (Lipinski definition) is 0. The third-order valence-corrected chi connectivity index (χ3v) is 6.37. The Morgan fingerprint density at radius 3 is 2.26 bits per heavy atom. The van der Waals surface area contributed by atoms with Crippen LogP contribution in [0.1, 0.15) is 85.0 Å². The zero-order chi connectivity index (χ0) is 14.1. The summed E-state index contributed by atoms with van der Waals surface area (Å²) in [5.41, 5.74) is 0.705. The van der Waals surface area contributed by atoms with Crippen molar-refractivity contribution < 1.29 is 0 Å².